The van der Waals surface area contributed by atoms with E-state index in [9.17, 15) is 0 Å². The zero-order valence-corrected chi connectivity index (χ0v) is 8.58. The van der Waals surface area contributed by atoms with Gasteiger partial charge in [-0.3, -0.25) is 0 Å². The zero-order chi connectivity index (χ0) is 9.07. The highest BCUT2D eigenvalue weighted by Gasteiger charge is 1.95. The molecule has 0 radical (unpaired) electrons. The van der Waals surface area contributed by atoms with Gasteiger partial charge in [0.2, 0.25) is 0 Å². The van der Waals surface area contributed by atoms with Gasteiger partial charge in [-0.05, 0) is 6.42 Å². The molecular formula is C11H19Cl. The zero-order valence-electron chi connectivity index (χ0n) is 7.82. The highest BCUT2D eigenvalue weighted by atomic mass is 35.5. The molecule has 0 aliphatic heterocycles. The number of hydrogen-bond donors (Lipinski definition) is 0. The third-order valence-electron chi connectivity index (χ3n) is 1.95. The Morgan fingerprint density at radius 1 is 1.00 bits per heavy atom. The highest BCUT2D eigenvalue weighted by molar-refractivity contribution is 6.17. The summed E-state index contributed by atoms with van der Waals surface area (Å²) in [6, 6.07) is 0. The van der Waals surface area contributed by atoms with Gasteiger partial charge < -0.3 is 0 Å². The Morgan fingerprint density at radius 3 is 1.58 bits per heavy atom. The average Bonchev–Trinajstić information content (AvgIpc) is 2.18. The molecule has 1 heteroatoms. The molecule has 12 heavy (non-hydrogen) atoms. The average molecular weight is 187 g/mol. The molecule has 1 aliphatic rings. The lowest BCUT2D eigenvalue weighted by molar-refractivity contribution is 0.504. The van der Waals surface area contributed by atoms with Gasteiger partial charge in [0.1, 0.15) is 0 Å². The summed E-state index contributed by atoms with van der Waals surface area (Å²) in [5.74, 6) is 3.17. The fourth-order valence-corrected chi connectivity index (χ4v) is 1.36. The molecule has 0 heterocycles. The number of rotatable bonds is 2. The van der Waals surface area contributed by atoms with Crippen molar-refractivity contribution < 1.29 is 0 Å². The van der Waals surface area contributed by atoms with Crippen LogP contribution in [0, 0.1) is 12.3 Å². The van der Waals surface area contributed by atoms with Gasteiger partial charge in [0.25, 0.3) is 0 Å². The van der Waals surface area contributed by atoms with Crippen LogP contribution in [-0.2, 0) is 0 Å². The Morgan fingerprint density at radius 2 is 1.42 bits per heavy atom. The lowest BCUT2D eigenvalue weighted by atomic mass is 10.0. The minimum atomic E-state index is 0.685. The molecule has 0 aromatic carbocycles. The lowest BCUT2D eigenvalue weighted by Crippen LogP contribution is -1.85. The van der Waals surface area contributed by atoms with Gasteiger partial charge in [0.15, 0.2) is 0 Å². The van der Waals surface area contributed by atoms with Crippen molar-refractivity contribution in [3.63, 3.8) is 0 Å². The number of terminal acetylenes is 1. The minimum Gasteiger partial charge on any atom is -0.127 e. The van der Waals surface area contributed by atoms with E-state index in [1.807, 2.05) is 0 Å². The van der Waals surface area contributed by atoms with Crippen LogP contribution in [0.5, 0.6) is 0 Å². The maximum Gasteiger partial charge on any atom is 0.0232 e. The fourth-order valence-electron chi connectivity index (χ4n) is 1.23. The second-order valence-corrected chi connectivity index (χ2v) is 3.50. The summed E-state index contributed by atoms with van der Waals surface area (Å²) >= 11 is 5.28. The number of alkyl halides is 1. The predicted octanol–water partition coefficient (Wildman–Crippen LogP) is 3.98. The number of unbranched alkanes of at least 4 members (excludes halogenated alkanes) is 1. The van der Waals surface area contributed by atoms with Crippen LogP contribution in [-0.4, -0.2) is 5.88 Å². The lowest BCUT2D eigenvalue weighted by Gasteiger charge is -2.05. The van der Waals surface area contributed by atoms with Crippen LogP contribution in [0.3, 0.4) is 0 Å². The van der Waals surface area contributed by atoms with Gasteiger partial charge in [-0.25, -0.2) is 0 Å². The van der Waals surface area contributed by atoms with Gasteiger partial charge in [-0.2, -0.15) is 0 Å². The van der Waals surface area contributed by atoms with Crippen LogP contribution < -0.4 is 0 Å². The van der Waals surface area contributed by atoms with Gasteiger partial charge in [-0.1, -0.05) is 38.5 Å². The van der Waals surface area contributed by atoms with Crippen molar-refractivity contribution in [1.29, 1.82) is 0 Å². The molecule has 1 aliphatic carbocycles. The molecule has 1 saturated carbocycles. The Balaban J connectivity index is 0.000000202. The summed E-state index contributed by atoms with van der Waals surface area (Å²) < 4.78 is 0. The van der Waals surface area contributed by atoms with Gasteiger partial charge >= 0.3 is 0 Å². The quantitative estimate of drug-likeness (QED) is 0.348. The SMILES string of the molecule is C#CCCCCl.C1CCCCC1. The van der Waals surface area contributed by atoms with Crippen LogP contribution in [0.4, 0.5) is 0 Å². The third kappa shape index (κ3) is 9.85. The smallest absolute Gasteiger partial charge is 0.0232 e. The molecule has 0 spiro atoms. The van der Waals surface area contributed by atoms with Crippen molar-refractivity contribution >= 4 is 11.6 Å². The van der Waals surface area contributed by atoms with E-state index >= 15 is 0 Å². The molecule has 0 saturated heterocycles. The summed E-state index contributed by atoms with van der Waals surface area (Å²) in [4.78, 5) is 0. The molecule has 0 N–H and O–H groups in total. The first kappa shape index (κ1) is 11.8. The van der Waals surface area contributed by atoms with Crippen LogP contribution in [0.2, 0.25) is 0 Å². The molecular weight excluding hydrogens is 168 g/mol. The molecule has 0 atom stereocenters. The fraction of sp³-hybridized carbons (Fsp3) is 0.818. The van der Waals surface area contributed by atoms with E-state index < -0.39 is 0 Å². The Bertz CT molecular complexity index is 97.2. The van der Waals surface area contributed by atoms with Crippen molar-refractivity contribution in [3.05, 3.63) is 0 Å². The number of hydrogen-bond acceptors (Lipinski definition) is 0. The Labute approximate surface area is 81.7 Å². The second kappa shape index (κ2) is 10.8. The molecule has 1 fully saturated rings. The second-order valence-electron chi connectivity index (χ2n) is 3.12. The highest BCUT2D eigenvalue weighted by Crippen LogP contribution is 2.15. The van der Waals surface area contributed by atoms with E-state index in [1.165, 1.54) is 38.5 Å². The molecule has 0 amide bonds. The maximum atomic E-state index is 5.28. The minimum absolute atomic E-state index is 0.685. The molecule has 70 valence electrons. The molecule has 0 bridgehead atoms. The van der Waals surface area contributed by atoms with E-state index in [-0.39, 0.29) is 0 Å². The monoisotopic (exact) mass is 186 g/mol. The molecule has 0 unspecified atom stereocenters. The van der Waals surface area contributed by atoms with Crippen molar-refractivity contribution in [2.75, 3.05) is 5.88 Å². The van der Waals surface area contributed by atoms with E-state index in [0.717, 1.165) is 12.8 Å². The van der Waals surface area contributed by atoms with Gasteiger partial charge in [-0.15, -0.1) is 23.9 Å². The van der Waals surface area contributed by atoms with Crippen molar-refractivity contribution in [1.82, 2.24) is 0 Å². The summed E-state index contributed by atoms with van der Waals surface area (Å²) in [6.07, 6.45) is 15.7. The summed E-state index contributed by atoms with van der Waals surface area (Å²) in [6.45, 7) is 0. The van der Waals surface area contributed by atoms with E-state index in [4.69, 9.17) is 18.0 Å². The predicted molar refractivity (Wildman–Crippen MR) is 56.5 cm³/mol. The first-order valence-electron chi connectivity index (χ1n) is 4.91. The first-order chi connectivity index (χ1) is 5.91. The van der Waals surface area contributed by atoms with Crippen LogP contribution in [0.15, 0.2) is 0 Å². The van der Waals surface area contributed by atoms with Crippen molar-refractivity contribution in [2.45, 2.75) is 51.4 Å². The molecule has 1 rings (SSSR count). The van der Waals surface area contributed by atoms with E-state index in [1.54, 1.807) is 0 Å². The molecule has 0 aromatic rings. The van der Waals surface area contributed by atoms with E-state index in [2.05, 4.69) is 5.92 Å². The third-order valence-corrected chi connectivity index (χ3v) is 2.22. The van der Waals surface area contributed by atoms with Gasteiger partial charge in [0.05, 0.1) is 0 Å². The molecule has 0 nitrogen and oxygen atoms in total. The first-order valence-corrected chi connectivity index (χ1v) is 5.44. The standard InChI is InChI=1S/C6H12.C5H7Cl/c1-2-4-6-5-3-1;1-2-3-4-5-6/h1-6H2;1H,3-5H2. The Hall–Kier alpha value is -0.150. The maximum absolute atomic E-state index is 5.28. The van der Waals surface area contributed by atoms with Crippen LogP contribution in [0.1, 0.15) is 51.4 Å². The summed E-state index contributed by atoms with van der Waals surface area (Å²) in [7, 11) is 0. The Kier molecular flexibility index (Phi) is 10.7. The number of halogens is 1. The normalized spacial score (nSPS) is 15.7. The van der Waals surface area contributed by atoms with E-state index in [0.29, 0.717) is 5.88 Å². The molecule has 0 aromatic heterocycles. The summed E-state index contributed by atoms with van der Waals surface area (Å²) in [5.41, 5.74) is 0. The van der Waals surface area contributed by atoms with Crippen LogP contribution >= 0.6 is 11.6 Å². The van der Waals surface area contributed by atoms with Crippen LogP contribution in [0.25, 0.3) is 0 Å². The van der Waals surface area contributed by atoms with Crippen molar-refractivity contribution in [2.24, 2.45) is 0 Å². The topological polar surface area (TPSA) is 0 Å². The van der Waals surface area contributed by atoms with Crippen molar-refractivity contribution in [3.8, 4) is 12.3 Å². The summed E-state index contributed by atoms with van der Waals surface area (Å²) in [5, 5.41) is 0. The van der Waals surface area contributed by atoms with Gasteiger partial charge in [0, 0.05) is 12.3 Å². The largest absolute Gasteiger partial charge is 0.127 e.